The van der Waals surface area contributed by atoms with Crippen LogP contribution in [-0.2, 0) is 49.3 Å². The highest BCUT2D eigenvalue weighted by atomic mass is 16.7. The van der Waals surface area contributed by atoms with Crippen LogP contribution in [0.5, 0.6) is 0 Å². The summed E-state index contributed by atoms with van der Waals surface area (Å²) in [6, 6.07) is 3.90. The molecule has 17 nitrogen and oxygen atoms in total. The Morgan fingerprint density at radius 1 is 0.852 bits per heavy atom. The number of hydrogen-bond acceptors (Lipinski definition) is 10. The van der Waals surface area contributed by atoms with Gasteiger partial charge in [0.15, 0.2) is 0 Å². The molecule has 336 valence electrons. The van der Waals surface area contributed by atoms with Crippen molar-refractivity contribution < 1.29 is 53.1 Å². The van der Waals surface area contributed by atoms with Gasteiger partial charge in [-0.25, -0.2) is 0 Å². The van der Waals surface area contributed by atoms with Crippen molar-refractivity contribution in [3.8, 4) is 0 Å². The molecule has 6 rings (SSSR count). The number of nitrogens with zero attached hydrogens (tertiary/aromatic N) is 1. The fraction of sp³-hybridized carbons (Fsp3) is 0.698. The molecule has 2 bridgehead atoms. The summed E-state index contributed by atoms with van der Waals surface area (Å²) in [5.41, 5.74) is 6.43. The molecule has 1 aromatic rings. The third-order valence-electron chi connectivity index (χ3n) is 13.5. The van der Waals surface area contributed by atoms with Crippen molar-refractivity contribution in [3.63, 3.8) is 0 Å². The molecule has 8 N–H and O–H groups in total. The van der Waals surface area contributed by atoms with E-state index >= 15 is 0 Å². The average Bonchev–Trinajstić information content (AvgIpc) is 3.83. The lowest BCUT2D eigenvalue weighted by Gasteiger charge is -2.64. The van der Waals surface area contributed by atoms with E-state index in [0.29, 0.717) is 44.1 Å². The number of carboxylic acids is 2. The largest absolute Gasteiger partial charge is 0.481 e. The molecular formula is C43H65BN6O11. The first-order valence-electron chi connectivity index (χ1n) is 21.7. The van der Waals surface area contributed by atoms with E-state index in [1.165, 1.54) is 4.90 Å². The molecule has 0 unspecified atom stereocenters. The molecule has 1 aromatic carbocycles. The van der Waals surface area contributed by atoms with Gasteiger partial charge in [-0.15, -0.1) is 0 Å². The number of carbonyl (C=O) groups is 7. The van der Waals surface area contributed by atoms with Crippen molar-refractivity contribution in [1.29, 1.82) is 0 Å². The molecule has 61 heavy (non-hydrogen) atoms. The van der Waals surface area contributed by atoms with Crippen LogP contribution in [0.4, 0.5) is 0 Å². The Balaban J connectivity index is 1.27. The summed E-state index contributed by atoms with van der Waals surface area (Å²) in [6.07, 6.45) is 2.49. The normalized spacial score (nSPS) is 26.3. The van der Waals surface area contributed by atoms with Gasteiger partial charge in [0.1, 0.15) is 24.2 Å². The molecule has 10 atom stereocenters. The molecule has 18 heteroatoms. The van der Waals surface area contributed by atoms with Gasteiger partial charge in [-0.2, -0.15) is 0 Å². The second-order valence-electron chi connectivity index (χ2n) is 18.8. The minimum absolute atomic E-state index is 0.0821. The van der Waals surface area contributed by atoms with E-state index in [2.05, 4.69) is 42.0 Å². The third kappa shape index (κ3) is 10.9. The lowest BCUT2D eigenvalue weighted by molar-refractivity contribution is -0.199. The van der Waals surface area contributed by atoms with Crippen LogP contribution in [-0.4, -0.2) is 118 Å². The van der Waals surface area contributed by atoms with Crippen LogP contribution in [0.25, 0.3) is 0 Å². The van der Waals surface area contributed by atoms with Crippen LogP contribution in [0.15, 0.2) is 30.3 Å². The number of aryl methyl sites for hydroxylation is 1. The summed E-state index contributed by atoms with van der Waals surface area (Å²) >= 11 is 0. The Morgan fingerprint density at radius 3 is 2.11 bits per heavy atom. The molecule has 0 aromatic heterocycles. The highest BCUT2D eigenvalue weighted by Gasteiger charge is 2.68. The van der Waals surface area contributed by atoms with Crippen molar-refractivity contribution in [3.05, 3.63) is 35.9 Å². The first-order valence-corrected chi connectivity index (χ1v) is 21.7. The Labute approximate surface area is 358 Å². The maximum Gasteiger partial charge on any atom is 0.481 e. The van der Waals surface area contributed by atoms with Crippen LogP contribution >= 0.6 is 0 Å². The van der Waals surface area contributed by atoms with E-state index in [-0.39, 0.29) is 23.8 Å². The van der Waals surface area contributed by atoms with Crippen LogP contribution in [0.3, 0.4) is 0 Å². The summed E-state index contributed by atoms with van der Waals surface area (Å²) in [5, 5.41) is 29.2. The molecule has 2 saturated heterocycles. The molecule has 3 saturated carbocycles. The smallest absolute Gasteiger partial charge is 0.481 e. The van der Waals surface area contributed by atoms with Crippen molar-refractivity contribution >= 4 is 48.6 Å². The number of rotatable bonds is 20. The molecule has 0 radical (unpaired) electrons. The topological polar surface area (TPSA) is 256 Å². The molecule has 2 heterocycles. The van der Waals surface area contributed by atoms with E-state index in [0.717, 1.165) is 18.4 Å². The minimum atomic E-state index is -1.51. The van der Waals surface area contributed by atoms with E-state index in [1.807, 2.05) is 30.3 Å². The summed E-state index contributed by atoms with van der Waals surface area (Å²) in [6.45, 7) is 13.9. The Morgan fingerprint density at radius 2 is 1.51 bits per heavy atom. The van der Waals surface area contributed by atoms with Crippen molar-refractivity contribution in [2.75, 3.05) is 6.54 Å². The quantitative estimate of drug-likeness (QED) is 0.0928. The second kappa shape index (κ2) is 19.7. The predicted molar refractivity (Wildman–Crippen MR) is 224 cm³/mol. The second-order valence-corrected chi connectivity index (χ2v) is 18.8. The first-order chi connectivity index (χ1) is 28.6. The zero-order chi connectivity index (χ0) is 45.0. The van der Waals surface area contributed by atoms with Gasteiger partial charge < -0.3 is 51.4 Å². The number of amides is 5. The third-order valence-corrected chi connectivity index (χ3v) is 13.5. The molecule has 5 aliphatic rings. The van der Waals surface area contributed by atoms with E-state index < -0.39 is 109 Å². The van der Waals surface area contributed by atoms with Crippen LogP contribution < -0.4 is 27.0 Å². The van der Waals surface area contributed by atoms with Gasteiger partial charge in [0.2, 0.25) is 29.5 Å². The summed E-state index contributed by atoms with van der Waals surface area (Å²) in [5.74, 6) is -6.52. The molecular weight excluding hydrogens is 787 g/mol. The molecule has 2 aliphatic heterocycles. The lowest BCUT2D eigenvalue weighted by atomic mass is 9.43. The molecule has 3 aliphatic carbocycles. The van der Waals surface area contributed by atoms with Crippen LogP contribution in [0.2, 0.25) is 0 Å². The van der Waals surface area contributed by atoms with Gasteiger partial charge in [-0.1, -0.05) is 71.9 Å². The van der Waals surface area contributed by atoms with E-state index in [1.54, 1.807) is 27.7 Å². The average molecular weight is 853 g/mol. The Kier molecular flexibility index (Phi) is 15.3. The van der Waals surface area contributed by atoms with Gasteiger partial charge in [-0.05, 0) is 86.5 Å². The van der Waals surface area contributed by atoms with E-state index in [4.69, 9.17) is 20.1 Å². The standard InChI is InChI=1S/C43H65BN6O11/c1-23(2)35(48-38(56)28(16-18-33(51)52)46-37(55)27(45)22-34(53)54)40(58)49-36(24(3)4)41(59)50-19-11-14-29(50)39(57)47-32(17-15-25-12-9-8-10-13-25)44-60-31-21-26-20-30(42(26,5)6)43(31,7)61-44/h8-10,12-13,23-24,26-32,35-36H,11,14-22,45H2,1-7H3,(H,46,55)(H,47,57)(H,48,56)(H,49,58)(H,51,52)(H,53,54)/t26-,27-,28-,29-,30-,31-,32-,35-,36-,43+/m0/s1. The highest BCUT2D eigenvalue weighted by molar-refractivity contribution is 6.48. The van der Waals surface area contributed by atoms with Crippen molar-refractivity contribution in [1.82, 2.24) is 26.2 Å². The predicted octanol–water partition coefficient (Wildman–Crippen LogP) is 1.80. The maximum absolute atomic E-state index is 14.4. The van der Waals surface area contributed by atoms with Crippen molar-refractivity contribution in [2.24, 2.45) is 34.8 Å². The monoisotopic (exact) mass is 852 g/mol. The number of likely N-dealkylation sites (tertiary alicyclic amines) is 1. The number of benzene rings is 1. The number of nitrogens with one attached hydrogen (secondary N) is 4. The van der Waals surface area contributed by atoms with Gasteiger partial charge in [0.05, 0.1) is 30.1 Å². The number of carbonyl (C=O) groups excluding carboxylic acids is 5. The summed E-state index contributed by atoms with van der Waals surface area (Å²) in [4.78, 5) is 92.7. The number of nitrogens with two attached hydrogens (primary N) is 1. The van der Waals surface area contributed by atoms with Crippen molar-refractivity contribution in [2.45, 2.75) is 154 Å². The minimum Gasteiger partial charge on any atom is -0.481 e. The summed E-state index contributed by atoms with van der Waals surface area (Å²) in [7, 11) is -0.673. The Hall–Kier alpha value is -4.55. The zero-order valence-electron chi connectivity index (χ0n) is 36.5. The highest BCUT2D eigenvalue weighted by Crippen LogP contribution is 2.65. The van der Waals surface area contributed by atoms with E-state index in [9.17, 15) is 38.7 Å². The fourth-order valence-corrected chi connectivity index (χ4v) is 9.72. The first kappa shape index (κ1) is 47.5. The summed E-state index contributed by atoms with van der Waals surface area (Å²) < 4.78 is 13.5. The molecule has 0 spiro atoms. The number of carboxylic acid groups (broad SMARTS) is 2. The number of aliphatic carboxylic acids is 2. The fourth-order valence-electron chi connectivity index (χ4n) is 9.72. The van der Waals surface area contributed by atoms with Gasteiger partial charge >= 0.3 is 19.1 Å². The van der Waals surface area contributed by atoms with Gasteiger partial charge in [0.25, 0.3) is 0 Å². The van der Waals surface area contributed by atoms with Gasteiger partial charge in [0, 0.05) is 13.0 Å². The molecule has 5 fully saturated rings. The zero-order valence-corrected chi connectivity index (χ0v) is 36.5. The van der Waals surface area contributed by atoms with Gasteiger partial charge in [-0.3, -0.25) is 33.6 Å². The lowest BCUT2D eigenvalue weighted by Crippen LogP contribution is -2.65. The molecule has 5 amide bonds. The Bertz CT molecular complexity index is 1800. The van der Waals surface area contributed by atoms with Crippen LogP contribution in [0.1, 0.15) is 105 Å². The SMILES string of the molecule is CC(C)[C@H](NC(=O)[C@H](CCC(=O)O)NC(=O)[C@@H](N)CC(=O)O)C(=O)N[C@H](C(=O)N1CCC[C@H]1C(=O)N[C@@H](CCc1ccccc1)B1O[C@H]2C[C@@H]3C[C@@H](C3(C)C)[C@@]2(C)O1)C(C)C. The van der Waals surface area contributed by atoms with Crippen LogP contribution in [0, 0.1) is 29.1 Å². The maximum atomic E-state index is 14.4. The number of hydrogen-bond donors (Lipinski definition) is 7.